The number of aryl methyl sites for hydroxylation is 3. The molecule has 0 amide bonds. The average molecular weight is 477 g/mol. The Bertz CT molecular complexity index is 1230. The van der Waals surface area contributed by atoms with Crippen LogP contribution in [0.4, 0.5) is 0 Å². The molecule has 1 aliphatic heterocycles. The van der Waals surface area contributed by atoms with Crippen LogP contribution in [0, 0.1) is 20.8 Å². The average Bonchev–Trinajstić information content (AvgIpc) is 2.82. The number of ether oxygens (including phenoxy) is 1. The molecule has 0 atom stereocenters. The molecule has 2 aromatic carbocycles. The maximum atomic E-state index is 5.01. The van der Waals surface area contributed by atoms with Crippen molar-refractivity contribution < 1.29 is 4.74 Å². The lowest BCUT2D eigenvalue weighted by Gasteiger charge is -2.10. The number of rotatable bonds is 3. The van der Waals surface area contributed by atoms with Gasteiger partial charge in [0.05, 0.1) is 13.2 Å². The summed E-state index contributed by atoms with van der Waals surface area (Å²) in [5.41, 5.74) is 5.24. The third kappa shape index (κ3) is 6.12. The Kier molecular flexibility index (Phi) is 7.98. The van der Waals surface area contributed by atoms with Gasteiger partial charge in [-0.15, -0.1) is 22.8 Å². The second kappa shape index (κ2) is 11.1. The van der Waals surface area contributed by atoms with E-state index in [1.807, 2.05) is 32.0 Å². The lowest BCUT2D eigenvalue weighted by molar-refractivity contribution is 0.109. The summed E-state index contributed by atoms with van der Waals surface area (Å²) in [5.74, 6) is 0. The van der Waals surface area contributed by atoms with E-state index in [1.54, 1.807) is 11.8 Å². The first-order chi connectivity index (χ1) is 16.0. The van der Waals surface area contributed by atoms with Crippen LogP contribution in [0.25, 0.3) is 22.0 Å². The summed E-state index contributed by atoms with van der Waals surface area (Å²) in [7, 11) is 0. The van der Waals surface area contributed by atoms with Gasteiger partial charge in [-0.3, -0.25) is 0 Å². The summed E-state index contributed by atoms with van der Waals surface area (Å²) in [5, 5.41) is 16.2. The Morgan fingerprint density at radius 3 is 2.30 bits per heavy atom. The number of nitrogens with zero attached hydrogens (tertiary/aromatic N) is 3. The molecule has 1 N–H and O–H groups in total. The molecule has 2 aromatic heterocycles. The van der Waals surface area contributed by atoms with E-state index in [1.165, 1.54) is 5.56 Å². The third-order valence-corrected chi connectivity index (χ3v) is 6.65. The molecule has 0 unspecified atom stereocenters. The Labute approximate surface area is 204 Å². The highest BCUT2D eigenvalue weighted by atomic mass is 32.2. The number of morpholine rings is 1. The van der Waals surface area contributed by atoms with Crippen molar-refractivity contribution in [3.63, 3.8) is 0 Å². The van der Waals surface area contributed by atoms with Crippen LogP contribution in [-0.2, 0) is 4.74 Å². The molecule has 5 nitrogen and oxygen atoms in total. The molecule has 3 heterocycles. The summed E-state index contributed by atoms with van der Waals surface area (Å²) in [6, 6.07) is 18.6. The fourth-order valence-electron chi connectivity index (χ4n) is 3.60. The Balaban J connectivity index is 0.000000376. The van der Waals surface area contributed by atoms with Gasteiger partial charge in [0.2, 0.25) is 0 Å². The molecule has 1 fully saturated rings. The fourth-order valence-corrected chi connectivity index (χ4v) is 4.81. The van der Waals surface area contributed by atoms with Crippen LogP contribution in [0.15, 0.2) is 69.5 Å². The molecule has 0 radical (unpaired) electrons. The van der Waals surface area contributed by atoms with Gasteiger partial charge in [-0.1, -0.05) is 36.4 Å². The quantitative estimate of drug-likeness (QED) is 0.372. The number of aromatic nitrogens is 3. The molecule has 170 valence electrons. The van der Waals surface area contributed by atoms with Gasteiger partial charge < -0.3 is 10.1 Å². The number of hydrogen-bond acceptors (Lipinski definition) is 7. The number of fused-ring (bicyclic) bond motifs is 1. The van der Waals surface area contributed by atoms with Crippen molar-refractivity contribution in [3.8, 4) is 11.3 Å². The lowest BCUT2D eigenvalue weighted by atomic mass is 10.0. The molecule has 0 saturated carbocycles. The van der Waals surface area contributed by atoms with Gasteiger partial charge in [-0.25, -0.2) is 4.98 Å². The van der Waals surface area contributed by atoms with Crippen LogP contribution in [0.5, 0.6) is 0 Å². The maximum Gasteiger partial charge on any atom is 0.133 e. The third-order valence-electron chi connectivity index (χ3n) is 5.26. The number of pyridine rings is 1. The number of thiol groups is 1. The van der Waals surface area contributed by atoms with Crippen molar-refractivity contribution in [1.82, 2.24) is 20.5 Å². The molecule has 7 heteroatoms. The molecular formula is C26H28N4OS2. The summed E-state index contributed by atoms with van der Waals surface area (Å²) in [6.45, 7) is 9.97. The summed E-state index contributed by atoms with van der Waals surface area (Å²) in [6.07, 6.45) is 0. The number of hydrogen-bond donors (Lipinski definition) is 2. The number of nitrogens with one attached hydrogen (secondary N) is 1. The normalized spacial score (nSPS) is 13.5. The lowest BCUT2D eigenvalue weighted by Crippen LogP contribution is -2.30. The second-order valence-corrected chi connectivity index (χ2v) is 9.48. The van der Waals surface area contributed by atoms with Gasteiger partial charge in [0.15, 0.2) is 0 Å². The summed E-state index contributed by atoms with van der Waals surface area (Å²) >= 11 is 6.11. The molecule has 4 aromatic rings. The van der Waals surface area contributed by atoms with Crippen LogP contribution in [-0.4, -0.2) is 41.5 Å². The smallest absolute Gasteiger partial charge is 0.133 e. The Morgan fingerprint density at radius 1 is 0.909 bits per heavy atom. The highest BCUT2D eigenvalue weighted by Crippen LogP contribution is 2.35. The first-order valence-corrected chi connectivity index (χ1v) is 12.2. The maximum absolute atomic E-state index is 5.01. The minimum atomic E-state index is 0.866. The van der Waals surface area contributed by atoms with Gasteiger partial charge in [-0.2, -0.15) is 0 Å². The van der Waals surface area contributed by atoms with Crippen molar-refractivity contribution in [3.05, 3.63) is 71.4 Å². The Morgan fingerprint density at radius 2 is 1.67 bits per heavy atom. The first-order valence-electron chi connectivity index (χ1n) is 11.0. The van der Waals surface area contributed by atoms with Crippen molar-refractivity contribution in [1.29, 1.82) is 0 Å². The molecule has 33 heavy (non-hydrogen) atoms. The van der Waals surface area contributed by atoms with Crippen LogP contribution in [0.3, 0.4) is 0 Å². The highest BCUT2D eigenvalue weighted by molar-refractivity contribution is 7.99. The van der Waals surface area contributed by atoms with Gasteiger partial charge in [0.1, 0.15) is 15.7 Å². The predicted molar refractivity (Wildman–Crippen MR) is 138 cm³/mol. The van der Waals surface area contributed by atoms with E-state index in [-0.39, 0.29) is 0 Å². The fraction of sp³-hybridized carbons (Fsp3) is 0.269. The minimum Gasteiger partial charge on any atom is -0.379 e. The van der Waals surface area contributed by atoms with Crippen LogP contribution >= 0.6 is 24.4 Å². The van der Waals surface area contributed by atoms with Gasteiger partial charge in [-0.05, 0) is 61.9 Å². The van der Waals surface area contributed by atoms with Gasteiger partial charge in [0, 0.05) is 40.0 Å². The first kappa shape index (κ1) is 23.7. The zero-order valence-electron chi connectivity index (χ0n) is 19.1. The van der Waals surface area contributed by atoms with E-state index in [2.05, 4.69) is 76.4 Å². The zero-order chi connectivity index (χ0) is 23.2. The minimum absolute atomic E-state index is 0.866. The van der Waals surface area contributed by atoms with Crippen LogP contribution in [0.1, 0.15) is 16.8 Å². The largest absolute Gasteiger partial charge is 0.379 e. The topological polar surface area (TPSA) is 59.9 Å². The van der Waals surface area contributed by atoms with E-state index in [9.17, 15) is 0 Å². The molecular weight excluding hydrogens is 448 g/mol. The predicted octanol–water partition coefficient (Wildman–Crippen LogP) is 5.66. The van der Waals surface area contributed by atoms with E-state index >= 15 is 0 Å². The molecule has 1 saturated heterocycles. The van der Waals surface area contributed by atoms with Gasteiger partial charge >= 0.3 is 0 Å². The monoisotopic (exact) mass is 476 g/mol. The molecule has 0 aliphatic carbocycles. The Hall–Kier alpha value is -2.45. The number of benzene rings is 2. The van der Waals surface area contributed by atoms with Crippen LogP contribution in [0.2, 0.25) is 0 Å². The molecule has 1 aliphatic rings. The summed E-state index contributed by atoms with van der Waals surface area (Å²) in [4.78, 5) is 5.58. The standard InChI is InChI=1S/C22H19N3S2.C4H9NO/c1-13-10-15(3)23-20(11-13)27-22-18-7-5-4-6-17(18)21(24-25-22)16-9-8-14(2)19(26)12-16;1-3-6-4-2-5-1/h4-12,26H,1-3H3;5H,1-4H2. The van der Waals surface area contributed by atoms with E-state index in [0.29, 0.717) is 0 Å². The zero-order valence-corrected chi connectivity index (χ0v) is 20.8. The SMILES string of the molecule is C1COCCN1.Cc1cc(C)nc(Sc2nnc(-c3ccc(C)c(S)c3)c3ccccc23)c1. The van der Waals surface area contributed by atoms with E-state index < -0.39 is 0 Å². The van der Waals surface area contributed by atoms with Crippen molar-refractivity contribution in [2.45, 2.75) is 35.7 Å². The van der Waals surface area contributed by atoms with Crippen molar-refractivity contribution >= 4 is 35.2 Å². The van der Waals surface area contributed by atoms with Crippen molar-refractivity contribution in [2.75, 3.05) is 26.3 Å². The highest BCUT2D eigenvalue weighted by Gasteiger charge is 2.13. The van der Waals surface area contributed by atoms with Gasteiger partial charge in [0.25, 0.3) is 0 Å². The molecule has 5 rings (SSSR count). The van der Waals surface area contributed by atoms with E-state index in [0.717, 1.165) is 74.5 Å². The second-order valence-electron chi connectivity index (χ2n) is 7.99. The van der Waals surface area contributed by atoms with Crippen LogP contribution < -0.4 is 5.32 Å². The summed E-state index contributed by atoms with van der Waals surface area (Å²) < 4.78 is 5.01. The van der Waals surface area contributed by atoms with Crippen molar-refractivity contribution in [2.24, 2.45) is 0 Å². The van der Waals surface area contributed by atoms with E-state index in [4.69, 9.17) is 4.74 Å². The molecule has 0 bridgehead atoms. The molecule has 0 spiro atoms.